The van der Waals surface area contributed by atoms with Crippen LogP contribution in [0.5, 0.6) is 0 Å². The number of hydrogen-bond acceptors (Lipinski definition) is 5. The van der Waals surface area contributed by atoms with Crippen LogP contribution in [0.1, 0.15) is 48.8 Å². The molecule has 0 amide bonds. The van der Waals surface area contributed by atoms with Gasteiger partial charge >= 0.3 is 0 Å². The first-order valence-electron chi connectivity index (χ1n) is 11.4. The molecule has 1 aromatic carbocycles. The molecule has 2 fully saturated rings. The maximum Gasteiger partial charge on any atom is 0.154 e. The van der Waals surface area contributed by atoms with Gasteiger partial charge < -0.3 is 4.74 Å². The number of hydrogen-bond donors (Lipinski definition) is 0. The third-order valence-electron chi connectivity index (χ3n) is 6.90. The number of likely N-dealkylation sites (tertiary alicyclic amines) is 1. The fourth-order valence-electron chi connectivity index (χ4n) is 5.11. The third kappa shape index (κ3) is 4.55. The van der Waals surface area contributed by atoms with Gasteiger partial charge in [0.15, 0.2) is 5.82 Å². The zero-order valence-electron chi connectivity index (χ0n) is 17.4. The average Bonchev–Trinajstić information content (AvgIpc) is 3.09. The monoisotopic (exact) mass is 395 g/mol. The molecule has 156 valence electrons. The molecule has 2 aromatic rings. The topological polar surface area (TPSA) is 46.4 Å². The molecule has 0 radical (unpaired) electrons. The highest BCUT2D eigenvalue weighted by atomic mass is 16.5. The molecule has 1 aromatic heterocycles. The first-order valence-corrected chi connectivity index (χ1v) is 11.4. The lowest BCUT2D eigenvalue weighted by atomic mass is 10.00. The average molecular weight is 396 g/mol. The summed E-state index contributed by atoms with van der Waals surface area (Å²) in [5.41, 5.74) is 1.43. The Bertz CT molecular complexity index is 752. The minimum Gasteiger partial charge on any atom is -0.381 e. The number of aromatic nitrogens is 3. The van der Waals surface area contributed by atoms with E-state index in [-0.39, 0.29) is 0 Å². The predicted octanol–water partition coefficient (Wildman–Crippen LogP) is 2.69. The van der Waals surface area contributed by atoms with Gasteiger partial charge in [0.1, 0.15) is 5.82 Å². The Morgan fingerprint density at radius 2 is 1.69 bits per heavy atom. The van der Waals surface area contributed by atoms with Crippen molar-refractivity contribution in [1.29, 1.82) is 0 Å². The molecule has 6 nitrogen and oxygen atoms in total. The van der Waals surface area contributed by atoms with Gasteiger partial charge in [-0.2, -0.15) is 5.10 Å². The zero-order chi connectivity index (χ0) is 19.5. The number of rotatable bonds is 4. The van der Waals surface area contributed by atoms with Gasteiger partial charge in [-0.3, -0.25) is 9.80 Å². The summed E-state index contributed by atoms with van der Waals surface area (Å²) in [5, 5.41) is 4.89. The largest absolute Gasteiger partial charge is 0.381 e. The van der Waals surface area contributed by atoms with Crippen LogP contribution in [0.2, 0.25) is 0 Å². The molecule has 5 rings (SSSR count). The molecule has 0 spiro atoms. The number of benzene rings is 1. The van der Waals surface area contributed by atoms with Gasteiger partial charge in [-0.05, 0) is 44.3 Å². The van der Waals surface area contributed by atoms with Crippen LogP contribution in [0.15, 0.2) is 30.3 Å². The summed E-state index contributed by atoms with van der Waals surface area (Å²) in [6.45, 7) is 8.40. The summed E-state index contributed by atoms with van der Waals surface area (Å²) in [6.07, 6.45) is 5.71. The van der Waals surface area contributed by atoms with E-state index >= 15 is 0 Å². The number of nitrogens with zero attached hydrogens (tertiary/aromatic N) is 5. The van der Waals surface area contributed by atoms with Gasteiger partial charge in [0.05, 0.1) is 6.54 Å². The summed E-state index contributed by atoms with van der Waals surface area (Å²) >= 11 is 0. The molecule has 0 saturated carbocycles. The smallest absolute Gasteiger partial charge is 0.154 e. The molecule has 0 atom stereocenters. The van der Waals surface area contributed by atoms with E-state index < -0.39 is 0 Å². The summed E-state index contributed by atoms with van der Waals surface area (Å²) in [7, 11) is 0. The normalized spacial score (nSPS) is 23.0. The van der Waals surface area contributed by atoms with E-state index in [1.165, 1.54) is 37.3 Å². The number of piperidine rings is 1. The minimum atomic E-state index is 0.494. The molecule has 3 aliphatic heterocycles. The van der Waals surface area contributed by atoms with E-state index in [4.69, 9.17) is 14.8 Å². The van der Waals surface area contributed by atoms with Crippen molar-refractivity contribution in [3.8, 4) is 0 Å². The quantitative estimate of drug-likeness (QED) is 0.797. The molecule has 6 heteroatoms. The van der Waals surface area contributed by atoms with Crippen LogP contribution in [0, 0.1) is 0 Å². The molecule has 3 aliphatic rings. The molecule has 2 saturated heterocycles. The first kappa shape index (κ1) is 19.2. The van der Waals surface area contributed by atoms with E-state index in [0.29, 0.717) is 12.0 Å². The highest BCUT2D eigenvalue weighted by Crippen LogP contribution is 2.26. The SMILES string of the molecule is c1ccc(CN2CCC(N3CCc4nc(C5CCOCC5)nn4CC3)CC2)cc1. The standard InChI is InChI=1S/C23H33N5O/c1-2-4-19(5-3-1)18-26-11-6-21(7-12-26)27-13-8-22-24-23(25-28(22)15-14-27)20-9-16-29-17-10-20/h1-5,20-21H,6-18H2. The van der Waals surface area contributed by atoms with Crippen molar-refractivity contribution in [2.75, 3.05) is 39.4 Å². The Morgan fingerprint density at radius 3 is 2.48 bits per heavy atom. The van der Waals surface area contributed by atoms with Gasteiger partial charge in [0.2, 0.25) is 0 Å². The fourth-order valence-corrected chi connectivity index (χ4v) is 5.11. The maximum absolute atomic E-state index is 5.49. The van der Waals surface area contributed by atoms with E-state index in [0.717, 1.165) is 64.5 Å². The van der Waals surface area contributed by atoms with Crippen molar-refractivity contribution in [2.45, 2.75) is 57.2 Å². The van der Waals surface area contributed by atoms with Crippen LogP contribution in [0.25, 0.3) is 0 Å². The minimum absolute atomic E-state index is 0.494. The summed E-state index contributed by atoms with van der Waals surface area (Å²) in [6, 6.07) is 11.6. The molecule has 29 heavy (non-hydrogen) atoms. The zero-order valence-corrected chi connectivity index (χ0v) is 17.4. The van der Waals surface area contributed by atoms with Crippen molar-refractivity contribution in [3.05, 3.63) is 47.5 Å². The van der Waals surface area contributed by atoms with E-state index in [9.17, 15) is 0 Å². The highest BCUT2D eigenvalue weighted by molar-refractivity contribution is 5.14. The summed E-state index contributed by atoms with van der Waals surface area (Å²) in [4.78, 5) is 10.2. The molecule has 0 bridgehead atoms. The van der Waals surface area contributed by atoms with Gasteiger partial charge in [-0.15, -0.1) is 0 Å². The van der Waals surface area contributed by atoms with Crippen LogP contribution in [0.3, 0.4) is 0 Å². The molecular weight excluding hydrogens is 362 g/mol. The fraction of sp³-hybridized carbons (Fsp3) is 0.652. The molecule has 4 heterocycles. The van der Waals surface area contributed by atoms with Gasteiger partial charge in [-0.25, -0.2) is 9.67 Å². The second kappa shape index (κ2) is 8.94. The van der Waals surface area contributed by atoms with Crippen LogP contribution in [-0.2, 0) is 24.2 Å². The van der Waals surface area contributed by atoms with Crippen molar-refractivity contribution >= 4 is 0 Å². The predicted molar refractivity (Wildman–Crippen MR) is 113 cm³/mol. The third-order valence-corrected chi connectivity index (χ3v) is 6.90. The summed E-state index contributed by atoms with van der Waals surface area (Å²) < 4.78 is 7.68. The van der Waals surface area contributed by atoms with Crippen LogP contribution in [-0.4, -0.2) is 70.0 Å². The Hall–Kier alpha value is -1.76. The lowest BCUT2D eigenvalue weighted by Crippen LogP contribution is -2.45. The Kier molecular flexibility index (Phi) is 5.92. The molecular formula is C23H33N5O. The second-order valence-electron chi connectivity index (χ2n) is 8.77. The van der Waals surface area contributed by atoms with Gasteiger partial charge in [0.25, 0.3) is 0 Å². The van der Waals surface area contributed by atoms with Gasteiger partial charge in [0, 0.05) is 51.2 Å². The maximum atomic E-state index is 5.49. The number of fused-ring (bicyclic) bond motifs is 1. The number of ether oxygens (including phenoxy) is 1. The Balaban J connectivity index is 1.13. The van der Waals surface area contributed by atoms with Crippen molar-refractivity contribution in [2.24, 2.45) is 0 Å². The van der Waals surface area contributed by atoms with Crippen LogP contribution >= 0.6 is 0 Å². The summed E-state index contributed by atoms with van der Waals surface area (Å²) in [5.74, 6) is 2.75. The molecule has 0 aliphatic carbocycles. The lowest BCUT2D eigenvalue weighted by molar-refractivity contribution is 0.0833. The van der Waals surface area contributed by atoms with Crippen molar-refractivity contribution in [3.63, 3.8) is 0 Å². The highest BCUT2D eigenvalue weighted by Gasteiger charge is 2.28. The first-order chi connectivity index (χ1) is 14.3. The van der Waals surface area contributed by atoms with E-state index in [1.54, 1.807) is 0 Å². The van der Waals surface area contributed by atoms with E-state index in [1.807, 2.05) is 0 Å². The van der Waals surface area contributed by atoms with Crippen LogP contribution in [0.4, 0.5) is 0 Å². The molecule has 0 unspecified atom stereocenters. The van der Waals surface area contributed by atoms with Crippen LogP contribution < -0.4 is 0 Å². The Labute approximate surface area is 173 Å². The molecule has 0 N–H and O–H groups in total. The van der Waals surface area contributed by atoms with Crippen molar-refractivity contribution in [1.82, 2.24) is 24.6 Å². The van der Waals surface area contributed by atoms with E-state index in [2.05, 4.69) is 44.8 Å². The van der Waals surface area contributed by atoms with Crippen molar-refractivity contribution < 1.29 is 4.74 Å². The second-order valence-corrected chi connectivity index (χ2v) is 8.77. The Morgan fingerprint density at radius 1 is 0.897 bits per heavy atom. The lowest BCUT2D eigenvalue weighted by Gasteiger charge is -2.38. The van der Waals surface area contributed by atoms with Gasteiger partial charge in [-0.1, -0.05) is 30.3 Å².